The summed E-state index contributed by atoms with van der Waals surface area (Å²) in [5.74, 6) is 0. The fourth-order valence-corrected chi connectivity index (χ4v) is 6.74. The van der Waals surface area contributed by atoms with Gasteiger partial charge in [-0.2, -0.15) is 0 Å². The largest absolute Gasteiger partial charge is 0.383 e. The van der Waals surface area contributed by atoms with E-state index in [4.69, 9.17) is 4.74 Å². The summed E-state index contributed by atoms with van der Waals surface area (Å²) < 4.78 is 33.9. The summed E-state index contributed by atoms with van der Waals surface area (Å²) in [5, 5.41) is -0.0360. The van der Waals surface area contributed by atoms with Gasteiger partial charge in [-0.05, 0) is 32.7 Å². The first-order valence-electron chi connectivity index (χ1n) is 11.0. The van der Waals surface area contributed by atoms with Crippen molar-refractivity contribution in [2.75, 3.05) is 20.8 Å². The van der Waals surface area contributed by atoms with E-state index in [1.807, 2.05) is 4.57 Å². The van der Waals surface area contributed by atoms with Gasteiger partial charge in [-0.1, -0.05) is 44.9 Å². The Labute approximate surface area is 170 Å². The lowest BCUT2D eigenvalue weighted by atomic mass is 9.94. The second kappa shape index (κ2) is 10.2. The summed E-state index contributed by atoms with van der Waals surface area (Å²) in [6.45, 7) is 1.76. The van der Waals surface area contributed by atoms with Crippen LogP contribution in [0.3, 0.4) is 0 Å². The Morgan fingerprint density at radius 2 is 1.68 bits per heavy atom. The van der Waals surface area contributed by atoms with E-state index >= 15 is 0 Å². The molecule has 2 saturated carbocycles. The lowest BCUT2D eigenvalue weighted by Crippen LogP contribution is -2.34. The molecule has 0 spiro atoms. The maximum atomic E-state index is 13.4. The van der Waals surface area contributed by atoms with Crippen LogP contribution in [0.25, 0.3) is 0 Å². The summed E-state index contributed by atoms with van der Waals surface area (Å²) in [7, 11) is 0.404. The second-order valence-electron chi connectivity index (χ2n) is 8.54. The first-order chi connectivity index (χ1) is 13.5. The summed E-state index contributed by atoms with van der Waals surface area (Å²) in [6, 6.07) is 0.585. The van der Waals surface area contributed by atoms with Crippen LogP contribution < -0.4 is 0 Å². The highest BCUT2D eigenvalue weighted by atomic mass is 32.2. The molecule has 0 amide bonds. The molecule has 0 radical (unpaired) electrons. The SMILES string of the molecule is COCCn1c(CN(C)C2CCCCC2)cnc1S(=O)(=O)C1CCCCCC1. The molecule has 2 fully saturated rings. The van der Waals surface area contributed by atoms with Gasteiger partial charge in [-0.15, -0.1) is 0 Å². The van der Waals surface area contributed by atoms with E-state index in [1.165, 1.54) is 32.1 Å². The van der Waals surface area contributed by atoms with Crippen molar-refractivity contribution < 1.29 is 13.2 Å². The molecule has 6 nitrogen and oxygen atoms in total. The van der Waals surface area contributed by atoms with Crippen LogP contribution in [0.5, 0.6) is 0 Å². The Bertz CT molecular complexity index is 702. The van der Waals surface area contributed by atoms with Crippen molar-refractivity contribution in [1.29, 1.82) is 0 Å². The smallest absolute Gasteiger partial charge is 0.228 e. The number of hydrogen-bond donors (Lipinski definition) is 0. The van der Waals surface area contributed by atoms with Crippen molar-refractivity contribution in [3.05, 3.63) is 11.9 Å². The molecule has 7 heteroatoms. The van der Waals surface area contributed by atoms with E-state index in [-0.39, 0.29) is 10.4 Å². The third kappa shape index (κ3) is 5.16. The zero-order chi connectivity index (χ0) is 20.0. The Morgan fingerprint density at radius 1 is 1.07 bits per heavy atom. The Morgan fingerprint density at radius 3 is 2.32 bits per heavy atom. The molecule has 0 N–H and O–H groups in total. The van der Waals surface area contributed by atoms with Crippen LogP contribution in [0.15, 0.2) is 11.4 Å². The minimum atomic E-state index is -3.41. The van der Waals surface area contributed by atoms with Gasteiger partial charge < -0.3 is 9.30 Å². The molecular weight excluding hydrogens is 374 g/mol. The lowest BCUT2D eigenvalue weighted by molar-refractivity contribution is 0.169. The van der Waals surface area contributed by atoms with E-state index in [2.05, 4.69) is 16.9 Å². The van der Waals surface area contributed by atoms with Crippen molar-refractivity contribution in [3.63, 3.8) is 0 Å². The van der Waals surface area contributed by atoms with Gasteiger partial charge in [-0.3, -0.25) is 4.90 Å². The number of imidazole rings is 1. The van der Waals surface area contributed by atoms with E-state index in [0.717, 1.165) is 50.8 Å². The van der Waals surface area contributed by atoms with Gasteiger partial charge in [0, 0.05) is 26.2 Å². The van der Waals surface area contributed by atoms with Gasteiger partial charge >= 0.3 is 0 Å². The average molecular weight is 412 g/mol. The molecule has 1 aromatic rings. The number of ether oxygens (including phenoxy) is 1. The molecule has 2 aliphatic carbocycles. The van der Waals surface area contributed by atoms with Gasteiger partial charge in [-0.25, -0.2) is 13.4 Å². The van der Waals surface area contributed by atoms with Crippen molar-refractivity contribution in [2.24, 2.45) is 0 Å². The molecule has 0 aliphatic heterocycles. The average Bonchev–Trinajstić information content (AvgIpc) is 2.91. The highest BCUT2D eigenvalue weighted by Crippen LogP contribution is 2.29. The number of nitrogens with zero attached hydrogens (tertiary/aromatic N) is 3. The summed E-state index contributed by atoms with van der Waals surface area (Å²) in [4.78, 5) is 6.81. The van der Waals surface area contributed by atoms with Crippen LogP contribution in [0.1, 0.15) is 76.3 Å². The monoisotopic (exact) mass is 411 g/mol. The summed E-state index contributed by atoms with van der Waals surface area (Å²) in [6.07, 6.45) is 14.0. The Balaban J connectivity index is 1.82. The quantitative estimate of drug-likeness (QED) is 0.609. The van der Waals surface area contributed by atoms with E-state index in [1.54, 1.807) is 13.3 Å². The maximum Gasteiger partial charge on any atom is 0.228 e. The molecule has 0 saturated heterocycles. The molecule has 1 heterocycles. The summed E-state index contributed by atoms with van der Waals surface area (Å²) in [5.41, 5.74) is 0.984. The van der Waals surface area contributed by atoms with E-state index in [0.29, 0.717) is 19.2 Å². The number of sulfone groups is 1. The zero-order valence-corrected chi connectivity index (χ0v) is 18.4. The third-order valence-electron chi connectivity index (χ3n) is 6.53. The minimum Gasteiger partial charge on any atom is -0.383 e. The minimum absolute atomic E-state index is 0.253. The third-order valence-corrected chi connectivity index (χ3v) is 8.71. The molecule has 0 bridgehead atoms. The Kier molecular flexibility index (Phi) is 7.94. The predicted molar refractivity (Wildman–Crippen MR) is 111 cm³/mol. The molecule has 0 unspecified atom stereocenters. The lowest BCUT2D eigenvalue weighted by Gasteiger charge is -2.31. The van der Waals surface area contributed by atoms with Crippen LogP contribution in [-0.4, -0.2) is 54.9 Å². The summed E-state index contributed by atoms with van der Waals surface area (Å²) >= 11 is 0. The van der Waals surface area contributed by atoms with Crippen molar-refractivity contribution in [2.45, 2.75) is 100 Å². The standard InChI is InChI=1S/C21H37N3O3S/c1-23(18-10-6-5-7-11-18)17-19-16-22-21(24(19)14-15-27-2)28(25,26)20-12-8-3-4-9-13-20/h16,18,20H,3-15,17H2,1-2H3. The van der Waals surface area contributed by atoms with Crippen LogP contribution in [0.4, 0.5) is 0 Å². The van der Waals surface area contributed by atoms with Gasteiger partial charge in [0.05, 0.1) is 23.7 Å². The van der Waals surface area contributed by atoms with E-state index in [9.17, 15) is 8.42 Å². The number of methoxy groups -OCH3 is 1. The van der Waals surface area contributed by atoms with Crippen LogP contribution in [0.2, 0.25) is 0 Å². The topological polar surface area (TPSA) is 64.4 Å². The fourth-order valence-electron chi connectivity index (χ4n) is 4.77. The molecule has 28 heavy (non-hydrogen) atoms. The highest BCUT2D eigenvalue weighted by Gasteiger charge is 2.33. The molecule has 2 aliphatic rings. The first kappa shape index (κ1) is 21.8. The predicted octanol–water partition coefficient (Wildman–Crippen LogP) is 3.79. The Hall–Kier alpha value is -0.920. The molecule has 3 rings (SSSR count). The number of rotatable bonds is 8. The van der Waals surface area contributed by atoms with Crippen molar-refractivity contribution >= 4 is 9.84 Å². The van der Waals surface area contributed by atoms with Gasteiger partial charge in [0.15, 0.2) is 0 Å². The fraction of sp³-hybridized carbons (Fsp3) is 0.857. The van der Waals surface area contributed by atoms with E-state index < -0.39 is 9.84 Å². The molecule has 0 atom stereocenters. The highest BCUT2D eigenvalue weighted by molar-refractivity contribution is 7.91. The van der Waals surface area contributed by atoms with Crippen LogP contribution >= 0.6 is 0 Å². The van der Waals surface area contributed by atoms with Crippen LogP contribution in [0, 0.1) is 0 Å². The molecule has 160 valence electrons. The van der Waals surface area contributed by atoms with Crippen LogP contribution in [-0.2, 0) is 27.7 Å². The van der Waals surface area contributed by atoms with Gasteiger partial charge in [0.1, 0.15) is 0 Å². The van der Waals surface area contributed by atoms with Gasteiger partial charge in [0.25, 0.3) is 0 Å². The normalized spacial score (nSPS) is 20.5. The second-order valence-corrected chi connectivity index (χ2v) is 10.7. The molecule has 1 aromatic heterocycles. The number of hydrogen-bond acceptors (Lipinski definition) is 5. The molecular formula is C21H37N3O3S. The zero-order valence-electron chi connectivity index (χ0n) is 17.6. The molecule has 0 aromatic carbocycles. The maximum absolute atomic E-state index is 13.4. The first-order valence-corrected chi connectivity index (χ1v) is 12.6. The van der Waals surface area contributed by atoms with Gasteiger partial charge in [0.2, 0.25) is 15.0 Å². The van der Waals surface area contributed by atoms with Crippen molar-refractivity contribution in [1.82, 2.24) is 14.5 Å². The van der Waals surface area contributed by atoms with Crippen molar-refractivity contribution in [3.8, 4) is 0 Å². The number of aromatic nitrogens is 2.